The second-order valence-electron chi connectivity index (χ2n) is 3.93. The Balaban J connectivity index is 0.00000106. The van der Waals surface area contributed by atoms with Gasteiger partial charge in [-0.25, -0.2) is 4.79 Å². The number of benzene rings is 1. The van der Waals surface area contributed by atoms with E-state index in [-0.39, 0.29) is 18.0 Å². The molecular formula is C16H17NO4. The number of pyridine rings is 1. The largest absolute Gasteiger partial charge is 0.477 e. The van der Waals surface area contributed by atoms with Crippen LogP contribution in [0.5, 0.6) is 0 Å². The fraction of sp³-hybridized carbons (Fsp3) is 0.188. The third kappa shape index (κ3) is 4.14. The molecule has 0 amide bonds. The van der Waals surface area contributed by atoms with E-state index < -0.39 is 11.5 Å². The smallest absolute Gasteiger partial charge is 0.352 e. The summed E-state index contributed by atoms with van der Waals surface area (Å²) in [4.78, 5) is 34.7. The van der Waals surface area contributed by atoms with Gasteiger partial charge < -0.3 is 5.11 Å². The van der Waals surface area contributed by atoms with Crippen LogP contribution in [-0.4, -0.2) is 21.4 Å². The quantitative estimate of drug-likeness (QED) is 0.876. The summed E-state index contributed by atoms with van der Waals surface area (Å²) in [5, 5.41) is 9.00. The number of carbonyl (C=O) groups is 2. The van der Waals surface area contributed by atoms with Gasteiger partial charge in [0.25, 0.3) is 5.56 Å². The fourth-order valence-electron chi connectivity index (χ4n) is 1.73. The van der Waals surface area contributed by atoms with E-state index in [0.29, 0.717) is 5.56 Å². The van der Waals surface area contributed by atoms with Gasteiger partial charge in [0.05, 0.1) is 6.54 Å². The van der Waals surface area contributed by atoms with E-state index in [0.717, 1.165) is 4.57 Å². The molecule has 0 radical (unpaired) electrons. The van der Waals surface area contributed by atoms with E-state index in [4.69, 9.17) is 5.11 Å². The van der Waals surface area contributed by atoms with E-state index in [1.807, 2.05) is 13.8 Å². The van der Waals surface area contributed by atoms with Crippen LogP contribution in [0.4, 0.5) is 0 Å². The average Bonchev–Trinajstić information content (AvgIpc) is 2.51. The first kappa shape index (κ1) is 16.4. The zero-order valence-electron chi connectivity index (χ0n) is 11.9. The van der Waals surface area contributed by atoms with E-state index in [1.54, 1.807) is 30.3 Å². The predicted molar refractivity (Wildman–Crippen MR) is 79.8 cm³/mol. The minimum atomic E-state index is -1.24. The van der Waals surface area contributed by atoms with Crippen LogP contribution in [0.1, 0.15) is 34.7 Å². The summed E-state index contributed by atoms with van der Waals surface area (Å²) < 4.78 is 0.956. The molecule has 0 saturated heterocycles. The Labute approximate surface area is 122 Å². The van der Waals surface area contributed by atoms with Crippen molar-refractivity contribution in [3.05, 3.63) is 70.1 Å². The Hall–Kier alpha value is -2.69. The molecule has 110 valence electrons. The van der Waals surface area contributed by atoms with Gasteiger partial charge in [0.2, 0.25) is 0 Å². The van der Waals surface area contributed by atoms with Crippen LogP contribution in [0, 0.1) is 0 Å². The van der Waals surface area contributed by atoms with Crippen LogP contribution in [0.3, 0.4) is 0 Å². The molecule has 1 aromatic carbocycles. The molecule has 0 saturated carbocycles. The molecule has 1 heterocycles. The third-order valence-corrected chi connectivity index (χ3v) is 2.67. The molecule has 1 N–H and O–H groups in total. The second-order valence-corrected chi connectivity index (χ2v) is 3.93. The minimum absolute atomic E-state index is 0.197. The van der Waals surface area contributed by atoms with Crippen molar-refractivity contribution in [2.24, 2.45) is 0 Å². The van der Waals surface area contributed by atoms with Crippen molar-refractivity contribution in [3.63, 3.8) is 0 Å². The van der Waals surface area contributed by atoms with Crippen LogP contribution in [0.2, 0.25) is 0 Å². The SMILES string of the molecule is CC.O=C(Cn1c(C(=O)O)cccc1=O)c1ccccc1. The standard InChI is InChI=1S/C14H11NO4.C2H6/c16-12(10-5-2-1-3-6-10)9-15-11(14(18)19)7-4-8-13(15)17;1-2/h1-8H,9H2,(H,18,19);1-2H3. The second kappa shape index (κ2) is 7.79. The molecule has 0 aliphatic carbocycles. The van der Waals surface area contributed by atoms with E-state index >= 15 is 0 Å². The Morgan fingerprint density at radius 2 is 1.62 bits per heavy atom. The molecule has 0 spiro atoms. The lowest BCUT2D eigenvalue weighted by molar-refractivity contribution is 0.0683. The van der Waals surface area contributed by atoms with Crippen molar-refractivity contribution in [2.75, 3.05) is 0 Å². The normalized spacial score (nSPS) is 9.43. The van der Waals surface area contributed by atoms with Crippen molar-refractivity contribution in [1.29, 1.82) is 0 Å². The highest BCUT2D eigenvalue weighted by molar-refractivity contribution is 5.96. The van der Waals surface area contributed by atoms with Crippen molar-refractivity contribution < 1.29 is 14.7 Å². The lowest BCUT2D eigenvalue weighted by Crippen LogP contribution is -2.28. The first-order valence-corrected chi connectivity index (χ1v) is 6.61. The Kier molecular flexibility index (Phi) is 6.07. The molecule has 0 atom stereocenters. The maximum atomic E-state index is 12.0. The number of nitrogens with zero attached hydrogens (tertiary/aromatic N) is 1. The molecule has 0 fully saturated rings. The van der Waals surface area contributed by atoms with E-state index in [1.165, 1.54) is 18.2 Å². The number of ketones is 1. The Bertz CT molecular complexity index is 674. The number of carbonyl (C=O) groups excluding carboxylic acids is 1. The Morgan fingerprint density at radius 3 is 2.19 bits per heavy atom. The van der Waals surface area contributed by atoms with E-state index in [9.17, 15) is 14.4 Å². The number of aromatic carboxylic acids is 1. The van der Waals surface area contributed by atoms with Gasteiger partial charge >= 0.3 is 5.97 Å². The number of hydrogen-bond acceptors (Lipinski definition) is 3. The lowest BCUT2D eigenvalue weighted by atomic mass is 10.1. The summed E-state index contributed by atoms with van der Waals surface area (Å²) >= 11 is 0. The number of aromatic nitrogens is 1. The topological polar surface area (TPSA) is 76.4 Å². The summed E-state index contributed by atoms with van der Waals surface area (Å²) in [6.07, 6.45) is 0. The summed E-state index contributed by atoms with van der Waals surface area (Å²) in [6, 6.07) is 12.3. The summed E-state index contributed by atoms with van der Waals surface area (Å²) in [5.41, 5.74) is -0.268. The lowest BCUT2D eigenvalue weighted by Gasteiger charge is -2.08. The molecule has 2 rings (SSSR count). The molecular weight excluding hydrogens is 270 g/mol. The average molecular weight is 287 g/mol. The molecule has 5 heteroatoms. The fourth-order valence-corrected chi connectivity index (χ4v) is 1.73. The zero-order valence-corrected chi connectivity index (χ0v) is 11.9. The molecule has 0 aliphatic rings. The molecule has 2 aromatic rings. The van der Waals surface area contributed by atoms with Gasteiger partial charge in [0.15, 0.2) is 5.78 Å². The number of Topliss-reactive ketones (excluding diaryl/α,β-unsaturated/α-hetero) is 1. The van der Waals surface area contributed by atoms with Gasteiger partial charge in [-0.2, -0.15) is 0 Å². The molecule has 0 aliphatic heterocycles. The number of carboxylic acid groups (broad SMARTS) is 1. The van der Waals surface area contributed by atoms with Gasteiger partial charge in [-0.15, -0.1) is 0 Å². The maximum Gasteiger partial charge on any atom is 0.352 e. The monoisotopic (exact) mass is 287 g/mol. The summed E-state index contributed by atoms with van der Waals surface area (Å²) in [7, 11) is 0. The van der Waals surface area contributed by atoms with Crippen molar-refractivity contribution in [2.45, 2.75) is 20.4 Å². The van der Waals surface area contributed by atoms with Gasteiger partial charge in [-0.1, -0.05) is 50.2 Å². The number of carboxylic acids is 1. The van der Waals surface area contributed by atoms with Gasteiger partial charge in [-0.3, -0.25) is 14.2 Å². The highest BCUT2D eigenvalue weighted by Gasteiger charge is 2.14. The zero-order chi connectivity index (χ0) is 15.8. The van der Waals surface area contributed by atoms with Crippen molar-refractivity contribution in [1.82, 2.24) is 4.57 Å². The third-order valence-electron chi connectivity index (χ3n) is 2.67. The maximum absolute atomic E-state index is 12.0. The van der Waals surface area contributed by atoms with Gasteiger partial charge in [0.1, 0.15) is 5.69 Å². The van der Waals surface area contributed by atoms with Crippen LogP contribution in [0.15, 0.2) is 53.3 Å². The van der Waals surface area contributed by atoms with Crippen LogP contribution < -0.4 is 5.56 Å². The highest BCUT2D eigenvalue weighted by Crippen LogP contribution is 2.03. The van der Waals surface area contributed by atoms with Crippen LogP contribution >= 0.6 is 0 Å². The van der Waals surface area contributed by atoms with Gasteiger partial charge in [-0.05, 0) is 6.07 Å². The highest BCUT2D eigenvalue weighted by atomic mass is 16.4. The first-order valence-electron chi connectivity index (χ1n) is 6.61. The Morgan fingerprint density at radius 1 is 1.00 bits per heavy atom. The molecule has 21 heavy (non-hydrogen) atoms. The predicted octanol–water partition coefficient (Wildman–Crippen LogP) is 2.46. The molecule has 5 nitrogen and oxygen atoms in total. The molecule has 0 unspecified atom stereocenters. The van der Waals surface area contributed by atoms with Gasteiger partial charge in [0, 0.05) is 11.6 Å². The number of hydrogen-bond donors (Lipinski definition) is 1. The summed E-state index contributed by atoms with van der Waals surface area (Å²) in [6.45, 7) is 3.71. The summed E-state index contributed by atoms with van der Waals surface area (Å²) in [5.74, 6) is -1.55. The first-order chi connectivity index (χ1) is 10.1. The van der Waals surface area contributed by atoms with E-state index in [2.05, 4.69) is 0 Å². The van der Waals surface area contributed by atoms with Crippen molar-refractivity contribution >= 4 is 11.8 Å². The molecule has 1 aromatic heterocycles. The molecule has 0 bridgehead atoms. The minimum Gasteiger partial charge on any atom is -0.477 e. The van der Waals surface area contributed by atoms with Crippen molar-refractivity contribution in [3.8, 4) is 0 Å². The van der Waals surface area contributed by atoms with Crippen LogP contribution in [-0.2, 0) is 6.54 Å². The number of rotatable bonds is 4. The van der Waals surface area contributed by atoms with Crippen LogP contribution in [0.25, 0.3) is 0 Å².